The molecule has 1 saturated heterocycles. The number of hydrogen-bond donors (Lipinski definition) is 1. The zero-order valence-corrected chi connectivity index (χ0v) is 17.0. The van der Waals surface area contributed by atoms with E-state index in [1.165, 1.54) is 4.31 Å². The molecule has 1 amide bonds. The number of aryl methyl sites for hydroxylation is 1. The number of amides is 1. The molecular formula is C21H26N2O4S. The first-order chi connectivity index (χ1) is 13.4. The number of sulfonamides is 1. The minimum Gasteiger partial charge on any atom is -0.496 e. The van der Waals surface area contributed by atoms with Crippen LogP contribution < -0.4 is 10.1 Å². The molecule has 0 aromatic heterocycles. The monoisotopic (exact) mass is 402 g/mol. The molecule has 0 atom stereocenters. The summed E-state index contributed by atoms with van der Waals surface area (Å²) in [5, 5.41) is 2.95. The van der Waals surface area contributed by atoms with Crippen molar-refractivity contribution in [3.05, 3.63) is 59.7 Å². The number of benzene rings is 2. The Morgan fingerprint density at radius 2 is 1.75 bits per heavy atom. The summed E-state index contributed by atoms with van der Waals surface area (Å²) < 4.78 is 32.3. The van der Waals surface area contributed by atoms with Gasteiger partial charge in [-0.25, -0.2) is 8.42 Å². The molecule has 28 heavy (non-hydrogen) atoms. The fourth-order valence-corrected chi connectivity index (χ4v) is 4.86. The number of carbonyl (C=O) groups excluding carboxylic acids is 1. The van der Waals surface area contributed by atoms with Crippen molar-refractivity contribution in [1.82, 2.24) is 9.62 Å². The summed E-state index contributed by atoms with van der Waals surface area (Å²) in [4.78, 5) is 12.8. The van der Waals surface area contributed by atoms with E-state index in [1.807, 2.05) is 31.2 Å². The van der Waals surface area contributed by atoms with Crippen LogP contribution in [0, 0.1) is 12.8 Å². The Kier molecular flexibility index (Phi) is 6.36. The second-order valence-corrected chi connectivity index (χ2v) is 8.96. The average Bonchev–Trinajstić information content (AvgIpc) is 2.72. The predicted molar refractivity (Wildman–Crippen MR) is 108 cm³/mol. The highest BCUT2D eigenvalue weighted by molar-refractivity contribution is 7.89. The third kappa shape index (κ3) is 4.54. The standard InChI is InChI=1S/C21H26N2O4S/c1-16-7-9-19(10-8-16)28(25,26)23-13-11-17(12-14-23)21(24)22-15-18-5-3-4-6-20(18)27-2/h3-10,17H,11-15H2,1-2H3,(H,22,24). The molecule has 1 heterocycles. The normalized spacial score (nSPS) is 15.9. The summed E-state index contributed by atoms with van der Waals surface area (Å²) in [7, 11) is -1.91. The second kappa shape index (κ2) is 8.75. The predicted octanol–water partition coefficient (Wildman–Crippen LogP) is 2.72. The molecule has 1 aliphatic heterocycles. The van der Waals surface area contributed by atoms with Crippen LogP contribution in [0.15, 0.2) is 53.4 Å². The first kappa shape index (κ1) is 20.4. The summed E-state index contributed by atoms with van der Waals surface area (Å²) in [6.07, 6.45) is 1.03. The van der Waals surface area contributed by atoms with Gasteiger partial charge in [-0.05, 0) is 38.0 Å². The fourth-order valence-electron chi connectivity index (χ4n) is 3.39. The van der Waals surface area contributed by atoms with Crippen LogP contribution in [0.1, 0.15) is 24.0 Å². The van der Waals surface area contributed by atoms with E-state index in [0.717, 1.165) is 16.9 Å². The number of ether oxygens (including phenoxy) is 1. The highest BCUT2D eigenvalue weighted by Gasteiger charge is 2.32. The maximum absolute atomic E-state index is 12.8. The smallest absolute Gasteiger partial charge is 0.243 e. The van der Waals surface area contributed by atoms with Crippen LogP contribution in [0.5, 0.6) is 5.75 Å². The largest absolute Gasteiger partial charge is 0.496 e. The van der Waals surface area contributed by atoms with Gasteiger partial charge in [-0.15, -0.1) is 0 Å². The van der Waals surface area contributed by atoms with Gasteiger partial charge in [0.25, 0.3) is 0 Å². The molecule has 0 saturated carbocycles. The van der Waals surface area contributed by atoms with Gasteiger partial charge >= 0.3 is 0 Å². The van der Waals surface area contributed by atoms with Crippen molar-refractivity contribution in [3.63, 3.8) is 0 Å². The van der Waals surface area contributed by atoms with Crippen LogP contribution in [0.25, 0.3) is 0 Å². The molecule has 150 valence electrons. The molecule has 0 unspecified atom stereocenters. The van der Waals surface area contributed by atoms with Gasteiger partial charge < -0.3 is 10.1 Å². The van der Waals surface area contributed by atoms with Gasteiger partial charge in [0.1, 0.15) is 5.75 Å². The van der Waals surface area contributed by atoms with Crippen LogP contribution in [-0.2, 0) is 21.4 Å². The van der Waals surface area contributed by atoms with E-state index in [-0.39, 0.29) is 11.8 Å². The van der Waals surface area contributed by atoms with Crippen molar-refractivity contribution in [1.29, 1.82) is 0 Å². The maximum atomic E-state index is 12.8. The summed E-state index contributed by atoms with van der Waals surface area (Å²) in [6.45, 7) is 3.02. The zero-order chi connectivity index (χ0) is 20.1. The average molecular weight is 403 g/mol. The topological polar surface area (TPSA) is 75.7 Å². The first-order valence-corrected chi connectivity index (χ1v) is 10.8. The van der Waals surface area contributed by atoms with Crippen molar-refractivity contribution >= 4 is 15.9 Å². The van der Waals surface area contributed by atoms with Crippen LogP contribution in [0.2, 0.25) is 0 Å². The van der Waals surface area contributed by atoms with E-state index in [4.69, 9.17) is 4.74 Å². The van der Waals surface area contributed by atoms with Gasteiger partial charge in [0.05, 0.1) is 12.0 Å². The molecule has 2 aromatic carbocycles. The molecule has 0 spiro atoms. The molecule has 3 rings (SSSR count). The van der Waals surface area contributed by atoms with Crippen molar-refractivity contribution in [2.24, 2.45) is 5.92 Å². The molecule has 0 bridgehead atoms. The van der Waals surface area contributed by atoms with E-state index in [1.54, 1.807) is 31.4 Å². The van der Waals surface area contributed by atoms with Gasteiger partial charge in [0, 0.05) is 31.1 Å². The highest BCUT2D eigenvalue weighted by atomic mass is 32.2. The molecule has 2 aromatic rings. The van der Waals surface area contributed by atoms with E-state index in [2.05, 4.69) is 5.32 Å². The Morgan fingerprint density at radius 3 is 2.39 bits per heavy atom. The first-order valence-electron chi connectivity index (χ1n) is 9.38. The molecule has 0 radical (unpaired) electrons. The van der Waals surface area contributed by atoms with Crippen molar-refractivity contribution in [2.45, 2.75) is 31.2 Å². The number of piperidine rings is 1. The quantitative estimate of drug-likeness (QED) is 0.806. The van der Waals surface area contributed by atoms with Gasteiger partial charge in [0.15, 0.2) is 0 Å². The van der Waals surface area contributed by atoms with Gasteiger partial charge in [0.2, 0.25) is 15.9 Å². The van der Waals surface area contributed by atoms with E-state index < -0.39 is 10.0 Å². The van der Waals surface area contributed by atoms with Crippen LogP contribution in [-0.4, -0.2) is 38.8 Å². The van der Waals surface area contributed by atoms with Gasteiger partial charge in [-0.1, -0.05) is 35.9 Å². The Bertz CT molecular complexity index is 918. The van der Waals surface area contributed by atoms with Gasteiger partial charge in [-0.2, -0.15) is 4.31 Å². The van der Waals surface area contributed by atoms with Crippen molar-refractivity contribution < 1.29 is 17.9 Å². The third-order valence-electron chi connectivity index (χ3n) is 5.13. The maximum Gasteiger partial charge on any atom is 0.243 e. The number of nitrogens with one attached hydrogen (secondary N) is 1. The molecule has 1 N–H and O–H groups in total. The number of nitrogens with zero attached hydrogens (tertiary/aromatic N) is 1. The van der Waals surface area contributed by atoms with Crippen LogP contribution in [0.3, 0.4) is 0 Å². The SMILES string of the molecule is COc1ccccc1CNC(=O)C1CCN(S(=O)(=O)c2ccc(C)cc2)CC1. The fraction of sp³-hybridized carbons (Fsp3) is 0.381. The van der Waals surface area contributed by atoms with Crippen LogP contribution >= 0.6 is 0 Å². The number of methoxy groups -OCH3 is 1. The Labute approximate surface area is 166 Å². The molecule has 1 aliphatic rings. The summed E-state index contributed by atoms with van der Waals surface area (Å²) in [6, 6.07) is 14.4. The van der Waals surface area contributed by atoms with Crippen molar-refractivity contribution in [2.75, 3.05) is 20.2 Å². The lowest BCUT2D eigenvalue weighted by molar-refractivity contribution is -0.126. The van der Waals surface area contributed by atoms with E-state index in [0.29, 0.717) is 37.4 Å². The molecular weight excluding hydrogens is 376 g/mol. The Balaban J connectivity index is 1.56. The number of rotatable bonds is 6. The number of hydrogen-bond acceptors (Lipinski definition) is 4. The lowest BCUT2D eigenvalue weighted by Crippen LogP contribution is -2.42. The van der Waals surface area contributed by atoms with Crippen molar-refractivity contribution in [3.8, 4) is 5.75 Å². The Morgan fingerprint density at radius 1 is 1.11 bits per heavy atom. The summed E-state index contributed by atoms with van der Waals surface area (Å²) in [5.74, 6) is 0.513. The minimum absolute atomic E-state index is 0.0433. The number of carbonyl (C=O) groups is 1. The van der Waals surface area contributed by atoms with Crippen LogP contribution in [0.4, 0.5) is 0 Å². The Hall–Kier alpha value is -2.38. The minimum atomic E-state index is -3.51. The molecule has 7 heteroatoms. The molecule has 6 nitrogen and oxygen atoms in total. The van der Waals surface area contributed by atoms with Gasteiger partial charge in [-0.3, -0.25) is 4.79 Å². The van der Waals surface area contributed by atoms with E-state index in [9.17, 15) is 13.2 Å². The summed E-state index contributed by atoms with van der Waals surface area (Å²) >= 11 is 0. The zero-order valence-electron chi connectivity index (χ0n) is 16.2. The molecule has 0 aliphatic carbocycles. The number of para-hydroxylation sites is 1. The second-order valence-electron chi connectivity index (χ2n) is 7.02. The summed E-state index contributed by atoms with van der Waals surface area (Å²) in [5.41, 5.74) is 1.93. The lowest BCUT2D eigenvalue weighted by atomic mass is 9.97. The highest BCUT2D eigenvalue weighted by Crippen LogP contribution is 2.24. The molecule has 1 fully saturated rings. The van der Waals surface area contributed by atoms with E-state index >= 15 is 0 Å². The lowest BCUT2D eigenvalue weighted by Gasteiger charge is -2.30. The third-order valence-corrected chi connectivity index (χ3v) is 7.04.